The monoisotopic (exact) mass is 222 g/mol. The molecular weight excluding hydrogens is 216 g/mol. The molecule has 0 bridgehead atoms. The average molecular weight is 223 g/mol. The Labute approximate surface area is 90.5 Å². The molecule has 0 atom stereocenters. The normalized spacial score (nSPS) is 10.2. The summed E-state index contributed by atoms with van der Waals surface area (Å²) in [4.78, 5) is 10.8. The van der Waals surface area contributed by atoms with Gasteiger partial charge >= 0.3 is 5.97 Å². The van der Waals surface area contributed by atoms with Gasteiger partial charge < -0.3 is 5.11 Å². The maximum atomic E-state index is 10.8. The Bertz CT molecular complexity index is 494. The Hall–Kier alpha value is -1.81. The minimum Gasteiger partial charge on any atom is -0.478 e. The molecule has 1 heterocycles. The first kappa shape index (κ1) is 9.73. The van der Waals surface area contributed by atoms with Gasteiger partial charge in [-0.3, -0.25) is 5.10 Å². The number of H-pyrrole nitrogens is 1. The molecule has 1 aromatic carbocycles. The summed E-state index contributed by atoms with van der Waals surface area (Å²) in [6, 6.07) is 4.66. The number of carboxylic acid groups (broad SMARTS) is 1. The van der Waals surface area contributed by atoms with E-state index in [-0.39, 0.29) is 5.56 Å². The Kier molecular flexibility index (Phi) is 2.43. The fourth-order valence-electron chi connectivity index (χ4n) is 1.29. The van der Waals surface area contributed by atoms with E-state index in [0.717, 1.165) is 11.1 Å². The summed E-state index contributed by atoms with van der Waals surface area (Å²) in [5, 5.41) is 15.7. The van der Waals surface area contributed by atoms with Crippen molar-refractivity contribution in [1.82, 2.24) is 10.2 Å². The Morgan fingerprint density at radius 1 is 1.33 bits per heavy atom. The topological polar surface area (TPSA) is 66.0 Å². The predicted octanol–water partition coefficient (Wildman–Crippen LogP) is 2.43. The molecule has 15 heavy (non-hydrogen) atoms. The second-order valence-electron chi connectivity index (χ2n) is 3.02. The number of carboxylic acids is 1. The number of carbonyl (C=O) groups is 1. The lowest BCUT2D eigenvalue weighted by atomic mass is 10.1. The van der Waals surface area contributed by atoms with Crippen LogP contribution < -0.4 is 0 Å². The standard InChI is InChI=1S/C10H7ClN2O2/c11-9-2-6(8-4-12-13-5-8)1-7(3-9)10(14)15/h1-5H,(H,12,13)(H,14,15). The zero-order valence-electron chi connectivity index (χ0n) is 7.57. The van der Waals surface area contributed by atoms with E-state index < -0.39 is 5.97 Å². The molecule has 0 saturated heterocycles. The molecule has 0 aliphatic carbocycles. The first-order valence-corrected chi connectivity index (χ1v) is 4.57. The molecule has 1 aromatic heterocycles. The van der Waals surface area contributed by atoms with Gasteiger partial charge in [-0.05, 0) is 23.8 Å². The highest BCUT2D eigenvalue weighted by Crippen LogP contribution is 2.23. The fraction of sp³-hybridized carbons (Fsp3) is 0. The van der Waals surface area contributed by atoms with E-state index in [0.29, 0.717) is 5.02 Å². The highest BCUT2D eigenvalue weighted by molar-refractivity contribution is 6.31. The summed E-state index contributed by atoms with van der Waals surface area (Å²) in [5.41, 5.74) is 1.70. The molecule has 2 aromatic rings. The van der Waals surface area contributed by atoms with Crippen LogP contribution in [0.3, 0.4) is 0 Å². The van der Waals surface area contributed by atoms with Gasteiger partial charge in [0, 0.05) is 16.8 Å². The summed E-state index contributed by atoms with van der Waals surface area (Å²) in [7, 11) is 0. The predicted molar refractivity (Wildman–Crippen MR) is 56.0 cm³/mol. The van der Waals surface area contributed by atoms with Gasteiger partial charge in [0.1, 0.15) is 0 Å². The maximum Gasteiger partial charge on any atom is 0.335 e. The second-order valence-corrected chi connectivity index (χ2v) is 3.46. The van der Waals surface area contributed by atoms with Crippen LogP contribution in [0.4, 0.5) is 0 Å². The van der Waals surface area contributed by atoms with Gasteiger partial charge in [0.2, 0.25) is 0 Å². The zero-order chi connectivity index (χ0) is 10.8. The summed E-state index contributed by atoms with van der Waals surface area (Å²) in [6.45, 7) is 0. The highest BCUT2D eigenvalue weighted by Gasteiger charge is 2.07. The number of nitrogens with zero attached hydrogens (tertiary/aromatic N) is 1. The number of hydrogen-bond acceptors (Lipinski definition) is 2. The molecule has 0 radical (unpaired) electrons. The number of aromatic amines is 1. The molecule has 2 rings (SSSR count). The van der Waals surface area contributed by atoms with Crippen LogP contribution >= 0.6 is 11.6 Å². The largest absolute Gasteiger partial charge is 0.478 e. The van der Waals surface area contributed by atoms with Crippen LogP contribution in [0.25, 0.3) is 11.1 Å². The van der Waals surface area contributed by atoms with Crippen molar-refractivity contribution in [2.24, 2.45) is 0 Å². The molecule has 0 aliphatic heterocycles. The number of hydrogen-bond donors (Lipinski definition) is 2. The molecule has 5 heteroatoms. The summed E-state index contributed by atoms with van der Waals surface area (Å²) < 4.78 is 0. The van der Waals surface area contributed by atoms with Gasteiger partial charge in [-0.15, -0.1) is 0 Å². The Morgan fingerprint density at radius 3 is 2.73 bits per heavy atom. The Balaban J connectivity index is 2.54. The van der Waals surface area contributed by atoms with E-state index in [1.165, 1.54) is 6.07 Å². The van der Waals surface area contributed by atoms with E-state index in [1.807, 2.05) is 0 Å². The lowest BCUT2D eigenvalue weighted by Crippen LogP contribution is -1.96. The van der Waals surface area contributed by atoms with E-state index in [9.17, 15) is 4.79 Å². The minimum absolute atomic E-state index is 0.165. The molecule has 0 spiro atoms. The molecule has 0 fully saturated rings. The molecule has 0 amide bonds. The third-order valence-electron chi connectivity index (χ3n) is 1.98. The van der Waals surface area contributed by atoms with Crippen molar-refractivity contribution in [1.29, 1.82) is 0 Å². The summed E-state index contributed by atoms with van der Waals surface area (Å²) >= 11 is 5.82. The van der Waals surface area contributed by atoms with Crippen LogP contribution in [0.15, 0.2) is 30.6 Å². The molecule has 0 aliphatic rings. The maximum absolute atomic E-state index is 10.8. The molecule has 0 saturated carbocycles. The van der Waals surface area contributed by atoms with Crippen LogP contribution in [0.1, 0.15) is 10.4 Å². The van der Waals surface area contributed by atoms with Crippen molar-refractivity contribution in [3.05, 3.63) is 41.2 Å². The van der Waals surface area contributed by atoms with Crippen molar-refractivity contribution >= 4 is 17.6 Å². The quantitative estimate of drug-likeness (QED) is 0.820. The van der Waals surface area contributed by atoms with Gasteiger partial charge in [0.25, 0.3) is 0 Å². The van der Waals surface area contributed by atoms with E-state index in [4.69, 9.17) is 16.7 Å². The summed E-state index contributed by atoms with van der Waals surface area (Å²) in [6.07, 6.45) is 3.29. The van der Waals surface area contributed by atoms with E-state index >= 15 is 0 Å². The molecule has 0 unspecified atom stereocenters. The van der Waals surface area contributed by atoms with Gasteiger partial charge in [-0.2, -0.15) is 5.10 Å². The third-order valence-corrected chi connectivity index (χ3v) is 2.19. The number of halogens is 1. The number of aromatic nitrogens is 2. The van der Waals surface area contributed by atoms with E-state index in [1.54, 1.807) is 24.5 Å². The van der Waals surface area contributed by atoms with Crippen LogP contribution in [0, 0.1) is 0 Å². The lowest BCUT2D eigenvalue weighted by Gasteiger charge is -2.01. The lowest BCUT2D eigenvalue weighted by molar-refractivity contribution is 0.0697. The SMILES string of the molecule is O=C(O)c1cc(Cl)cc(-c2cn[nH]c2)c1. The van der Waals surface area contributed by atoms with E-state index in [2.05, 4.69) is 10.2 Å². The van der Waals surface area contributed by atoms with Crippen molar-refractivity contribution in [3.8, 4) is 11.1 Å². The molecule has 2 N–H and O–H groups in total. The van der Waals surface area contributed by atoms with Crippen molar-refractivity contribution < 1.29 is 9.90 Å². The zero-order valence-corrected chi connectivity index (χ0v) is 8.32. The van der Waals surface area contributed by atoms with Gasteiger partial charge in [-0.1, -0.05) is 11.6 Å². The van der Waals surface area contributed by atoms with Crippen LogP contribution in [-0.2, 0) is 0 Å². The molecule has 4 nitrogen and oxygen atoms in total. The van der Waals surface area contributed by atoms with Crippen molar-refractivity contribution in [2.45, 2.75) is 0 Å². The average Bonchev–Trinajstić information content (AvgIpc) is 2.69. The van der Waals surface area contributed by atoms with Gasteiger partial charge in [0.05, 0.1) is 11.8 Å². The van der Waals surface area contributed by atoms with Crippen molar-refractivity contribution in [2.75, 3.05) is 0 Å². The fourth-order valence-corrected chi connectivity index (χ4v) is 1.52. The third kappa shape index (κ3) is 1.99. The Morgan fingerprint density at radius 2 is 2.13 bits per heavy atom. The molecular formula is C10H7ClN2O2. The summed E-state index contributed by atoms with van der Waals surface area (Å²) in [5.74, 6) is -0.998. The number of aromatic carboxylic acids is 1. The van der Waals surface area contributed by atoms with Crippen LogP contribution in [0.5, 0.6) is 0 Å². The van der Waals surface area contributed by atoms with Gasteiger partial charge in [0.15, 0.2) is 0 Å². The minimum atomic E-state index is -0.998. The first-order chi connectivity index (χ1) is 7.16. The van der Waals surface area contributed by atoms with Crippen LogP contribution in [-0.4, -0.2) is 21.3 Å². The first-order valence-electron chi connectivity index (χ1n) is 4.20. The smallest absolute Gasteiger partial charge is 0.335 e. The highest BCUT2D eigenvalue weighted by atomic mass is 35.5. The van der Waals surface area contributed by atoms with Crippen LogP contribution in [0.2, 0.25) is 5.02 Å². The number of benzene rings is 1. The number of nitrogens with one attached hydrogen (secondary N) is 1. The van der Waals surface area contributed by atoms with Gasteiger partial charge in [-0.25, -0.2) is 4.79 Å². The molecule has 76 valence electrons. The van der Waals surface area contributed by atoms with Crippen molar-refractivity contribution in [3.63, 3.8) is 0 Å². The number of rotatable bonds is 2. The second kappa shape index (κ2) is 3.74.